The second-order valence-electron chi connectivity index (χ2n) is 4.09. The molecule has 1 aromatic carbocycles. The van der Waals surface area contributed by atoms with Crippen LogP contribution < -0.4 is 4.74 Å². The first-order chi connectivity index (χ1) is 10.1. The predicted molar refractivity (Wildman–Crippen MR) is 79.3 cm³/mol. The molecular formula is C15H11BrFNO3. The summed E-state index contributed by atoms with van der Waals surface area (Å²) >= 11 is 3.27. The van der Waals surface area contributed by atoms with E-state index < -0.39 is 11.8 Å². The summed E-state index contributed by atoms with van der Waals surface area (Å²) in [6, 6.07) is 7.87. The molecule has 0 aliphatic heterocycles. The molecule has 4 nitrogen and oxygen atoms in total. The van der Waals surface area contributed by atoms with Crippen molar-refractivity contribution in [2.75, 3.05) is 0 Å². The molecule has 0 saturated heterocycles. The molecular weight excluding hydrogens is 341 g/mol. The third-order valence-electron chi connectivity index (χ3n) is 2.56. The van der Waals surface area contributed by atoms with E-state index in [0.717, 1.165) is 10.5 Å². The summed E-state index contributed by atoms with van der Waals surface area (Å²) in [7, 11) is 0. The van der Waals surface area contributed by atoms with E-state index in [-0.39, 0.29) is 12.4 Å². The molecule has 1 N–H and O–H groups in total. The van der Waals surface area contributed by atoms with E-state index in [1.165, 1.54) is 18.2 Å². The number of rotatable bonds is 5. The third-order valence-corrected chi connectivity index (χ3v) is 3.03. The first-order valence-corrected chi connectivity index (χ1v) is 6.78. The monoisotopic (exact) mass is 351 g/mol. The minimum Gasteiger partial charge on any atom is -0.484 e. The largest absolute Gasteiger partial charge is 0.484 e. The van der Waals surface area contributed by atoms with Gasteiger partial charge in [0.05, 0.1) is 5.69 Å². The van der Waals surface area contributed by atoms with Crippen molar-refractivity contribution in [1.29, 1.82) is 0 Å². The number of hydrogen-bond acceptors (Lipinski definition) is 3. The lowest BCUT2D eigenvalue weighted by atomic mass is 10.2. The molecule has 1 aromatic heterocycles. The van der Waals surface area contributed by atoms with Gasteiger partial charge in [-0.25, -0.2) is 9.18 Å². The molecule has 0 amide bonds. The lowest BCUT2D eigenvalue weighted by Crippen LogP contribution is -2.01. The highest BCUT2D eigenvalue weighted by atomic mass is 79.9. The second kappa shape index (κ2) is 6.99. The van der Waals surface area contributed by atoms with Gasteiger partial charge in [-0.15, -0.1) is 0 Å². The van der Waals surface area contributed by atoms with E-state index in [9.17, 15) is 9.18 Å². The maximum Gasteiger partial charge on any atom is 0.328 e. The smallest absolute Gasteiger partial charge is 0.328 e. The Morgan fingerprint density at radius 2 is 2.19 bits per heavy atom. The van der Waals surface area contributed by atoms with Crippen LogP contribution in [0.15, 0.2) is 47.1 Å². The van der Waals surface area contributed by atoms with Crippen molar-refractivity contribution in [1.82, 2.24) is 4.98 Å². The Hall–Kier alpha value is -2.21. The summed E-state index contributed by atoms with van der Waals surface area (Å²) < 4.78 is 20.1. The van der Waals surface area contributed by atoms with Gasteiger partial charge in [0.1, 0.15) is 6.61 Å². The number of carbonyl (C=O) groups is 1. The molecule has 2 rings (SSSR count). The number of benzene rings is 1. The van der Waals surface area contributed by atoms with Crippen molar-refractivity contribution in [2.24, 2.45) is 0 Å². The van der Waals surface area contributed by atoms with Gasteiger partial charge in [0, 0.05) is 22.3 Å². The molecule has 1 heterocycles. The summed E-state index contributed by atoms with van der Waals surface area (Å²) in [4.78, 5) is 14.7. The molecule has 0 radical (unpaired) electrons. The summed E-state index contributed by atoms with van der Waals surface area (Å²) in [5, 5.41) is 8.63. The number of carboxylic acid groups (broad SMARTS) is 1. The summed E-state index contributed by atoms with van der Waals surface area (Å²) in [5.74, 6) is -1.67. The summed E-state index contributed by atoms with van der Waals surface area (Å²) in [6.45, 7) is 0.0854. The van der Waals surface area contributed by atoms with Crippen molar-refractivity contribution < 1.29 is 19.0 Å². The number of nitrogens with zero attached hydrogens (tertiary/aromatic N) is 1. The van der Waals surface area contributed by atoms with Gasteiger partial charge >= 0.3 is 5.97 Å². The molecule has 0 aliphatic rings. The highest BCUT2D eigenvalue weighted by Gasteiger charge is 2.09. The maximum atomic E-state index is 13.8. The summed E-state index contributed by atoms with van der Waals surface area (Å²) in [5.41, 5.74) is 0.990. The number of ether oxygens (including phenoxy) is 1. The molecule has 2 aromatic rings. The fourth-order valence-corrected chi connectivity index (χ4v) is 1.84. The Balaban J connectivity index is 2.18. The van der Waals surface area contributed by atoms with Crippen LogP contribution in [0, 0.1) is 5.82 Å². The van der Waals surface area contributed by atoms with Gasteiger partial charge in [-0.1, -0.05) is 12.1 Å². The molecule has 6 heteroatoms. The Morgan fingerprint density at radius 1 is 1.38 bits per heavy atom. The fourth-order valence-electron chi connectivity index (χ4n) is 1.61. The Kier molecular flexibility index (Phi) is 5.05. The Labute approximate surface area is 129 Å². The highest BCUT2D eigenvalue weighted by Crippen LogP contribution is 2.25. The van der Waals surface area contributed by atoms with Crippen molar-refractivity contribution in [2.45, 2.75) is 6.61 Å². The van der Waals surface area contributed by atoms with Crippen molar-refractivity contribution in [3.8, 4) is 5.75 Å². The zero-order chi connectivity index (χ0) is 15.2. The lowest BCUT2D eigenvalue weighted by Gasteiger charge is -2.10. The lowest BCUT2D eigenvalue weighted by molar-refractivity contribution is -0.131. The number of pyridine rings is 1. The molecule has 21 heavy (non-hydrogen) atoms. The van der Waals surface area contributed by atoms with Crippen LogP contribution in [0.25, 0.3) is 6.08 Å². The van der Waals surface area contributed by atoms with Crippen LogP contribution in [-0.2, 0) is 11.4 Å². The molecule has 0 unspecified atom stereocenters. The van der Waals surface area contributed by atoms with Crippen LogP contribution in [0.5, 0.6) is 5.75 Å². The van der Waals surface area contributed by atoms with Crippen LogP contribution in [0.1, 0.15) is 11.3 Å². The topological polar surface area (TPSA) is 59.4 Å². The highest BCUT2D eigenvalue weighted by molar-refractivity contribution is 9.10. The van der Waals surface area contributed by atoms with Crippen LogP contribution in [0.4, 0.5) is 4.39 Å². The SMILES string of the molecule is O=C(O)/C=C/c1cccc(F)c1OCc1ccc(Br)cn1. The number of carboxylic acids is 1. The van der Waals surface area contributed by atoms with Gasteiger partial charge < -0.3 is 9.84 Å². The molecule has 108 valence electrons. The molecule has 0 aliphatic carbocycles. The van der Waals surface area contributed by atoms with Crippen LogP contribution >= 0.6 is 15.9 Å². The van der Waals surface area contributed by atoms with Gasteiger partial charge in [-0.2, -0.15) is 0 Å². The van der Waals surface area contributed by atoms with Gasteiger partial charge in [0.2, 0.25) is 0 Å². The molecule has 0 fully saturated rings. The first-order valence-electron chi connectivity index (χ1n) is 5.99. The fraction of sp³-hybridized carbons (Fsp3) is 0.0667. The maximum absolute atomic E-state index is 13.8. The van der Waals surface area contributed by atoms with E-state index in [4.69, 9.17) is 9.84 Å². The normalized spacial score (nSPS) is 10.8. The Morgan fingerprint density at radius 3 is 2.86 bits per heavy atom. The van der Waals surface area contributed by atoms with Crippen LogP contribution in [-0.4, -0.2) is 16.1 Å². The number of halogens is 2. The third kappa shape index (κ3) is 4.39. The number of aliphatic carboxylic acids is 1. The van der Waals surface area contributed by atoms with Crippen LogP contribution in [0.2, 0.25) is 0 Å². The van der Waals surface area contributed by atoms with Gasteiger partial charge in [-0.05, 0) is 40.2 Å². The first kappa shape index (κ1) is 15.2. The number of para-hydroxylation sites is 1. The van der Waals surface area contributed by atoms with E-state index in [1.807, 2.05) is 0 Å². The zero-order valence-electron chi connectivity index (χ0n) is 10.8. The number of hydrogen-bond donors (Lipinski definition) is 1. The number of aromatic nitrogens is 1. The van der Waals surface area contributed by atoms with Crippen molar-refractivity contribution >= 4 is 28.0 Å². The predicted octanol–water partition coefficient (Wildman–Crippen LogP) is 3.66. The van der Waals surface area contributed by atoms with Crippen molar-refractivity contribution in [3.63, 3.8) is 0 Å². The summed E-state index contributed by atoms with van der Waals surface area (Å²) in [6.07, 6.45) is 3.83. The van der Waals surface area contributed by atoms with Gasteiger partial charge in [0.25, 0.3) is 0 Å². The van der Waals surface area contributed by atoms with E-state index >= 15 is 0 Å². The molecule has 0 atom stereocenters. The molecule has 0 saturated carbocycles. The van der Waals surface area contributed by atoms with Crippen molar-refractivity contribution in [3.05, 3.63) is 64.2 Å². The average molecular weight is 352 g/mol. The minimum absolute atomic E-state index is 0.000260. The van der Waals surface area contributed by atoms with Gasteiger partial charge in [0.15, 0.2) is 11.6 Å². The molecule has 0 bridgehead atoms. The van der Waals surface area contributed by atoms with E-state index in [0.29, 0.717) is 11.3 Å². The molecule has 0 spiro atoms. The standard InChI is InChI=1S/C15H11BrFNO3/c16-11-5-6-12(18-8-11)9-21-15-10(4-7-14(19)20)2-1-3-13(15)17/h1-8H,9H2,(H,19,20)/b7-4+. The van der Waals surface area contributed by atoms with Crippen LogP contribution in [0.3, 0.4) is 0 Å². The quantitative estimate of drug-likeness (QED) is 0.835. The van der Waals surface area contributed by atoms with Gasteiger partial charge in [-0.3, -0.25) is 4.98 Å². The average Bonchev–Trinajstić information content (AvgIpc) is 2.46. The minimum atomic E-state index is -1.11. The van der Waals surface area contributed by atoms with E-state index in [1.54, 1.807) is 24.4 Å². The van der Waals surface area contributed by atoms with E-state index in [2.05, 4.69) is 20.9 Å². The second-order valence-corrected chi connectivity index (χ2v) is 5.00. The Bertz CT molecular complexity index is 671. The zero-order valence-corrected chi connectivity index (χ0v) is 12.4.